The van der Waals surface area contributed by atoms with Gasteiger partial charge in [0.1, 0.15) is 17.5 Å². The maximum Gasteiger partial charge on any atom is 0.317 e. The minimum absolute atomic E-state index is 0.202. The van der Waals surface area contributed by atoms with E-state index in [-0.39, 0.29) is 18.2 Å². The fraction of sp³-hybridized carbons (Fsp3) is 0.263. The number of halogens is 1. The summed E-state index contributed by atoms with van der Waals surface area (Å²) in [6, 6.07) is 9.37. The SMILES string of the molecule is CCOC(=O)C1C(=O)C=C(c2ccco2)CC1c1ccc(F)cc1. The lowest BCUT2D eigenvalue weighted by atomic mass is 9.74. The molecule has 2 aromatic rings. The molecular formula is C19H17FO4. The Kier molecular flexibility index (Phi) is 4.60. The molecule has 1 aromatic heterocycles. The van der Waals surface area contributed by atoms with Crippen molar-refractivity contribution in [2.24, 2.45) is 5.92 Å². The number of hydrogen-bond acceptors (Lipinski definition) is 4. The molecule has 124 valence electrons. The number of benzene rings is 1. The van der Waals surface area contributed by atoms with Gasteiger partial charge in [-0.05, 0) is 54.8 Å². The minimum atomic E-state index is -0.922. The first-order valence-corrected chi connectivity index (χ1v) is 7.80. The standard InChI is InChI=1S/C19H17FO4/c1-2-23-19(22)18-15(12-5-7-14(20)8-6-12)10-13(11-16(18)21)17-4-3-9-24-17/h3-9,11,15,18H,2,10H2,1H3. The van der Waals surface area contributed by atoms with Crippen LogP contribution >= 0.6 is 0 Å². The first kappa shape index (κ1) is 16.2. The summed E-state index contributed by atoms with van der Waals surface area (Å²) in [5.74, 6) is -1.98. The largest absolute Gasteiger partial charge is 0.465 e. The number of allylic oxidation sites excluding steroid dienone is 2. The van der Waals surface area contributed by atoms with Crippen molar-refractivity contribution in [1.29, 1.82) is 0 Å². The van der Waals surface area contributed by atoms with E-state index in [2.05, 4.69) is 0 Å². The normalized spacial score (nSPS) is 20.6. The van der Waals surface area contributed by atoms with E-state index in [1.807, 2.05) is 0 Å². The zero-order valence-corrected chi connectivity index (χ0v) is 13.2. The van der Waals surface area contributed by atoms with Crippen LogP contribution in [0.4, 0.5) is 4.39 Å². The molecular weight excluding hydrogens is 311 g/mol. The van der Waals surface area contributed by atoms with E-state index in [1.54, 1.807) is 31.2 Å². The zero-order chi connectivity index (χ0) is 17.1. The van der Waals surface area contributed by atoms with E-state index < -0.39 is 17.8 Å². The number of ketones is 1. The molecule has 3 rings (SSSR count). The fourth-order valence-corrected chi connectivity index (χ4v) is 3.04. The Morgan fingerprint density at radius 2 is 2.04 bits per heavy atom. The lowest BCUT2D eigenvalue weighted by Crippen LogP contribution is -2.34. The number of carbonyl (C=O) groups excluding carboxylic acids is 2. The van der Waals surface area contributed by atoms with Crippen LogP contribution in [0.5, 0.6) is 0 Å². The second-order valence-electron chi connectivity index (χ2n) is 5.64. The topological polar surface area (TPSA) is 56.5 Å². The van der Waals surface area contributed by atoms with Crippen LogP contribution in [0.1, 0.15) is 30.6 Å². The van der Waals surface area contributed by atoms with Gasteiger partial charge in [-0.1, -0.05) is 12.1 Å². The van der Waals surface area contributed by atoms with Gasteiger partial charge < -0.3 is 9.15 Å². The van der Waals surface area contributed by atoms with Crippen molar-refractivity contribution in [3.8, 4) is 0 Å². The fourth-order valence-electron chi connectivity index (χ4n) is 3.04. The lowest BCUT2D eigenvalue weighted by Gasteiger charge is -2.28. The zero-order valence-electron chi connectivity index (χ0n) is 13.2. The molecule has 0 bridgehead atoms. The summed E-state index contributed by atoms with van der Waals surface area (Å²) >= 11 is 0. The number of carbonyl (C=O) groups is 2. The molecule has 0 aliphatic heterocycles. The van der Waals surface area contributed by atoms with Crippen molar-refractivity contribution in [2.75, 3.05) is 6.61 Å². The molecule has 5 heteroatoms. The Bertz CT molecular complexity index is 759. The van der Waals surface area contributed by atoms with Crippen LogP contribution in [0.25, 0.3) is 5.57 Å². The molecule has 0 amide bonds. The highest BCUT2D eigenvalue weighted by Crippen LogP contribution is 2.40. The molecule has 0 saturated carbocycles. The highest BCUT2D eigenvalue weighted by Gasteiger charge is 2.40. The summed E-state index contributed by atoms with van der Waals surface area (Å²) in [7, 11) is 0. The predicted molar refractivity (Wildman–Crippen MR) is 85.6 cm³/mol. The molecule has 4 nitrogen and oxygen atoms in total. The van der Waals surface area contributed by atoms with Gasteiger partial charge >= 0.3 is 5.97 Å². The maximum atomic E-state index is 13.2. The van der Waals surface area contributed by atoms with E-state index >= 15 is 0 Å². The molecule has 0 saturated heterocycles. The summed E-state index contributed by atoms with van der Waals surface area (Å²) in [5.41, 5.74) is 1.44. The first-order chi connectivity index (χ1) is 11.6. The van der Waals surface area contributed by atoms with Crippen LogP contribution in [0, 0.1) is 11.7 Å². The van der Waals surface area contributed by atoms with Gasteiger partial charge in [-0.3, -0.25) is 9.59 Å². The monoisotopic (exact) mass is 328 g/mol. The van der Waals surface area contributed by atoms with Gasteiger partial charge in [0.25, 0.3) is 0 Å². The lowest BCUT2D eigenvalue weighted by molar-refractivity contribution is -0.151. The van der Waals surface area contributed by atoms with Gasteiger partial charge in [0.05, 0.1) is 12.9 Å². The Balaban J connectivity index is 2.00. The van der Waals surface area contributed by atoms with Crippen molar-refractivity contribution >= 4 is 17.3 Å². The van der Waals surface area contributed by atoms with E-state index in [0.29, 0.717) is 12.2 Å². The molecule has 0 radical (unpaired) electrons. The summed E-state index contributed by atoms with van der Waals surface area (Å²) in [5, 5.41) is 0. The molecule has 0 spiro atoms. The summed E-state index contributed by atoms with van der Waals surface area (Å²) in [6.07, 6.45) is 3.42. The van der Waals surface area contributed by atoms with Crippen LogP contribution in [-0.2, 0) is 14.3 Å². The first-order valence-electron chi connectivity index (χ1n) is 7.80. The molecule has 1 heterocycles. The highest BCUT2D eigenvalue weighted by atomic mass is 19.1. The average molecular weight is 328 g/mol. The van der Waals surface area contributed by atoms with E-state index in [9.17, 15) is 14.0 Å². The van der Waals surface area contributed by atoms with Crippen LogP contribution in [0.15, 0.2) is 53.2 Å². The second kappa shape index (κ2) is 6.83. The van der Waals surface area contributed by atoms with E-state index in [1.165, 1.54) is 24.5 Å². The molecule has 1 aromatic carbocycles. The minimum Gasteiger partial charge on any atom is -0.465 e. The van der Waals surface area contributed by atoms with Crippen LogP contribution in [0.2, 0.25) is 0 Å². The van der Waals surface area contributed by atoms with Gasteiger partial charge in [0, 0.05) is 5.92 Å². The van der Waals surface area contributed by atoms with Crippen molar-refractivity contribution < 1.29 is 23.1 Å². The Hall–Kier alpha value is -2.69. The van der Waals surface area contributed by atoms with E-state index in [0.717, 1.165) is 11.1 Å². The molecule has 1 aliphatic rings. The third kappa shape index (κ3) is 3.15. The van der Waals surface area contributed by atoms with Crippen molar-refractivity contribution in [3.05, 3.63) is 65.9 Å². The third-order valence-electron chi connectivity index (χ3n) is 4.14. The Morgan fingerprint density at radius 1 is 1.29 bits per heavy atom. The Morgan fingerprint density at radius 3 is 2.67 bits per heavy atom. The molecule has 0 fully saturated rings. The molecule has 1 aliphatic carbocycles. The quantitative estimate of drug-likeness (QED) is 0.634. The highest BCUT2D eigenvalue weighted by molar-refractivity contribution is 6.10. The van der Waals surface area contributed by atoms with Gasteiger partial charge in [0.15, 0.2) is 5.78 Å². The number of hydrogen-bond donors (Lipinski definition) is 0. The second-order valence-corrected chi connectivity index (χ2v) is 5.64. The van der Waals surface area contributed by atoms with Crippen molar-refractivity contribution in [1.82, 2.24) is 0 Å². The number of furan rings is 1. The number of rotatable bonds is 4. The number of ether oxygens (including phenoxy) is 1. The average Bonchev–Trinajstić information content (AvgIpc) is 3.09. The molecule has 2 atom stereocenters. The van der Waals surface area contributed by atoms with E-state index in [4.69, 9.17) is 9.15 Å². The summed E-state index contributed by atoms with van der Waals surface area (Å²) < 4.78 is 23.7. The third-order valence-corrected chi connectivity index (χ3v) is 4.14. The molecule has 2 unspecified atom stereocenters. The van der Waals surface area contributed by atoms with Crippen LogP contribution in [0.3, 0.4) is 0 Å². The molecule has 24 heavy (non-hydrogen) atoms. The maximum absolute atomic E-state index is 13.2. The molecule has 0 N–H and O–H groups in total. The van der Waals surface area contributed by atoms with Crippen molar-refractivity contribution in [2.45, 2.75) is 19.3 Å². The Labute approximate surface area is 138 Å². The van der Waals surface area contributed by atoms with Crippen LogP contribution < -0.4 is 0 Å². The predicted octanol–water partition coefficient (Wildman–Crippen LogP) is 3.74. The van der Waals surface area contributed by atoms with Crippen LogP contribution in [-0.4, -0.2) is 18.4 Å². The van der Waals surface area contributed by atoms with Gasteiger partial charge in [-0.15, -0.1) is 0 Å². The van der Waals surface area contributed by atoms with Gasteiger partial charge in [-0.2, -0.15) is 0 Å². The van der Waals surface area contributed by atoms with Gasteiger partial charge in [0.2, 0.25) is 0 Å². The summed E-state index contributed by atoms with van der Waals surface area (Å²) in [4.78, 5) is 24.9. The summed E-state index contributed by atoms with van der Waals surface area (Å²) in [6.45, 7) is 1.90. The number of esters is 1. The smallest absolute Gasteiger partial charge is 0.317 e. The van der Waals surface area contributed by atoms with Gasteiger partial charge in [-0.25, -0.2) is 4.39 Å². The van der Waals surface area contributed by atoms with Crippen molar-refractivity contribution in [3.63, 3.8) is 0 Å².